The second kappa shape index (κ2) is 7.29. The fourth-order valence-electron chi connectivity index (χ4n) is 3.06. The molecule has 0 aliphatic heterocycles. The Hall–Kier alpha value is -4.44. The largest absolute Gasteiger partial charge is 0.457 e. The Balaban J connectivity index is 1.60. The van der Waals surface area contributed by atoms with Gasteiger partial charge >= 0.3 is 0 Å². The number of hydrogen-bond acceptors (Lipinski definition) is 5. The molecule has 2 aromatic carbocycles. The number of carbonyl (C=O) groups excluding carboxylic acids is 1. The molecule has 4 aromatic rings. The summed E-state index contributed by atoms with van der Waals surface area (Å²) < 4.78 is 7.09. The molecule has 140 valence electrons. The first kappa shape index (κ1) is 17.9. The molecule has 0 atom stereocenters. The number of nitro groups is 1. The molecular formula is C22H13N3O4. The third-order valence-corrected chi connectivity index (χ3v) is 4.43. The molecule has 7 nitrogen and oxygen atoms in total. The smallest absolute Gasteiger partial charge is 0.270 e. The minimum absolute atomic E-state index is 0.0287. The molecule has 0 bridgehead atoms. The SMILES string of the molecule is N#Cc1cn(C(=O)/C=C/c2ccc(-c3cccc([N+](=O)[O-])c3)o2)c2ccccc12. The molecule has 4 rings (SSSR count). The number of rotatable bonds is 4. The van der Waals surface area contributed by atoms with Gasteiger partial charge in [0.05, 0.1) is 16.0 Å². The molecule has 0 amide bonds. The van der Waals surface area contributed by atoms with E-state index < -0.39 is 4.92 Å². The Kier molecular flexibility index (Phi) is 4.51. The molecule has 0 aliphatic carbocycles. The van der Waals surface area contributed by atoms with Crippen molar-refractivity contribution in [3.63, 3.8) is 0 Å². The number of fused-ring (bicyclic) bond motifs is 1. The average Bonchev–Trinajstić information content (AvgIpc) is 3.37. The van der Waals surface area contributed by atoms with Gasteiger partial charge in [-0.1, -0.05) is 30.3 Å². The highest BCUT2D eigenvalue weighted by Crippen LogP contribution is 2.26. The van der Waals surface area contributed by atoms with Crippen LogP contribution in [-0.4, -0.2) is 15.4 Å². The monoisotopic (exact) mass is 383 g/mol. The lowest BCUT2D eigenvalue weighted by Crippen LogP contribution is -2.04. The minimum Gasteiger partial charge on any atom is -0.457 e. The van der Waals surface area contributed by atoms with Gasteiger partial charge < -0.3 is 4.42 Å². The van der Waals surface area contributed by atoms with E-state index in [-0.39, 0.29) is 11.6 Å². The highest BCUT2D eigenvalue weighted by atomic mass is 16.6. The number of hydrogen-bond donors (Lipinski definition) is 0. The van der Waals surface area contributed by atoms with Crippen LogP contribution in [0.15, 0.2) is 77.4 Å². The van der Waals surface area contributed by atoms with Crippen molar-refractivity contribution >= 4 is 28.6 Å². The van der Waals surface area contributed by atoms with E-state index in [1.54, 1.807) is 42.5 Å². The van der Waals surface area contributed by atoms with Crippen LogP contribution >= 0.6 is 0 Å². The molecule has 2 aromatic heterocycles. The third-order valence-electron chi connectivity index (χ3n) is 4.43. The van der Waals surface area contributed by atoms with Crippen LogP contribution in [0.5, 0.6) is 0 Å². The normalized spacial score (nSPS) is 11.0. The number of allylic oxidation sites excluding steroid dienone is 1. The molecular weight excluding hydrogens is 370 g/mol. The second-order valence-electron chi connectivity index (χ2n) is 6.22. The maximum absolute atomic E-state index is 12.6. The van der Waals surface area contributed by atoms with E-state index in [1.165, 1.54) is 35.0 Å². The summed E-state index contributed by atoms with van der Waals surface area (Å²) in [5.74, 6) is 0.562. The number of non-ortho nitro benzene ring substituents is 1. The van der Waals surface area contributed by atoms with Gasteiger partial charge in [0.25, 0.3) is 11.6 Å². The van der Waals surface area contributed by atoms with Gasteiger partial charge in [0.15, 0.2) is 0 Å². The van der Waals surface area contributed by atoms with Crippen LogP contribution in [0.3, 0.4) is 0 Å². The van der Waals surface area contributed by atoms with Crippen molar-refractivity contribution in [1.29, 1.82) is 5.26 Å². The lowest BCUT2D eigenvalue weighted by molar-refractivity contribution is -0.384. The summed E-state index contributed by atoms with van der Waals surface area (Å²) in [5.41, 5.74) is 1.61. The number of aromatic nitrogens is 1. The van der Waals surface area contributed by atoms with Crippen molar-refractivity contribution in [3.05, 3.63) is 94.4 Å². The highest BCUT2D eigenvalue weighted by Gasteiger charge is 2.12. The van der Waals surface area contributed by atoms with Crippen LogP contribution in [0.25, 0.3) is 28.3 Å². The summed E-state index contributed by atoms with van der Waals surface area (Å²) in [4.78, 5) is 23.1. The van der Waals surface area contributed by atoms with Crippen LogP contribution in [0.4, 0.5) is 5.69 Å². The molecule has 2 heterocycles. The molecule has 29 heavy (non-hydrogen) atoms. The van der Waals surface area contributed by atoms with Crippen LogP contribution in [0, 0.1) is 21.4 Å². The predicted octanol–water partition coefficient (Wildman–Crippen LogP) is 5.03. The van der Waals surface area contributed by atoms with Crippen molar-refractivity contribution in [3.8, 4) is 17.4 Å². The summed E-state index contributed by atoms with van der Waals surface area (Å²) in [7, 11) is 0. The third kappa shape index (κ3) is 3.42. The maximum atomic E-state index is 12.6. The fourth-order valence-corrected chi connectivity index (χ4v) is 3.06. The van der Waals surface area contributed by atoms with E-state index >= 15 is 0 Å². The number of nitriles is 1. The van der Waals surface area contributed by atoms with Crippen molar-refractivity contribution in [2.24, 2.45) is 0 Å². The van der Waals surface area contributed by atoms with Crippen molar-refractivity contribution in [1.82, 2.24) is 4.57 Å². The molecule has 0 fully saturated rings. The van der Waals surface area contributed by atoms with Crippen molar-refractivity contribution < 1.29 is 14.1 Å². The number of carbonyl (C=O) groups is 1. The first-order valence-corrected chi connectivity index (χ1v) is 8.64. The first-order valence-electron chi connectivity index (χ1n) is 8.64. The molecule has 0 saturated heterocycles. The van der Waals surface area contributed by atoms with E-state index in [4.69, 9.17) is 4.42 Å². The predicted molar refractivity (Wildman–Crippen MR) is 107 cm³/mol. The Morgan fingerprint density at radius 3 is 2.76 bits per heavy atom. The van der Waals surface area contributed by atoms with Gasteiger partial charge in [-0.3, -0.25) is 19.5 Å². The zero-order valence-corrected chi connectivity index (χ0v) is 15.0. The summed E-state index contributed by atoms with van der Waals surface area (Å²) in [6.07, 6.45) is 4.38. The zero-order valence-electron chi connectivity index (χ0n) is 15.0. The van der Waals surface area contributed by atoms with Crippen LogP contribution in [0.2, 0.25) is 0 Å². The Bertz CT molecular complexity index is 1320. The summed E-state index contributed by atoms with van der Waals surface area (Å²) >= 11 is 0. The molecule has 0 unspecified atom stereocenters. The summed E-state index contributed by atoms with van der Waals surface area (Å²) in [6, 6.07) is 18.7. The Morgan fingerprint density at radius 2 is 1.97 bits per heavy atom. The molecule has 0 radical (unpaired) electrons. The summed E-state index contributed by atoms with van der Waals surface area (Å²) in [6.45, 7) is 0. The van der Waals surface area contributed by atoms with Gasteiger partial charge in [-0.2, -0.15) is 5.26 Å². The van der Waals surface area contributed by atoms with Crippen molar-refractivity contribution in [2.45, 2.75) is 0 Å². The van der Waals surface area contributed by atoms with E-state index in [1.807, 2.05) is 6.07 Å². The Morgan fingerprint density at radius 1 is 1.14 bits per heavy atom. The number of benzene rings is 2. The maximum Gasteiger partial charge on any atom is 0.270 e. The minimum atomic E-state index is -0.469. The molecule has 0 N–H and O–H groups in total. The van der Waals surface area contributed by atoms with Gasteiger partial charge in [0.2, 0.25) is 0 Å². The number of para-hydroxylation sites is 1. The van der Waals surface area contributed by atoms with Gasteiger partial charge in [-0.25, -0.2) is 0 Å². The summed E-state index contributed by atoms with van der Waals surface area (Å²) in [5, 5.41) is 20.9. The van der Waals surface area contributed by atoms with Gasteiger partial charge in [0, 0.05) is 35.4 Å². The van der Waals surface area contributed by atoms with Crippen molar-refractivity contribution in [2.75, 3.05) is 0 Å². The fraction of sp³-hybridized carbons (Fsp3) is 0. The van der Waals surface area contributed by atoms with Crippen LogP contribution < -0.4 is 0 Å². The number of furan rings is 1. The van der Waals surface area contributed by atoms with E-state index in [9.17, 15) is 20.2 Å². The lowest BCUT2D eigenvalue weighted by Gasteiger charge is -1.99. The highest BCUT2D eigenvalue weighted by molar-refractivity contribution is 6.01. The molecule has 7 heteroatoms. The zero-order chi connectivity index (χ0) is 20.4. The standard InChI is InChI=1S/C22H13N3O4/c23-13-16-14-24(20-7-2-1-6-19(16)20)22(26)11-9-18-8-10-21(29-18)15-4-3-5-17(12-15)25(27)28/h1-12,14H/b11-9+. The topological polar surface area (TPSA) is 102 Å². The van der Waals surface area contributed by atoms with Crippen LogP contribution in [0.1, 0.15) is 16.1 Å². The van der Waals surface area contributed by atoms with Gasteiger partial charge in [-0.15, -0.1) is 0 Å². The van der Waals surface area contributed by atoms with E-state index in [0.29, 0.717) is 33.6 Å². The number of nitrogens with zero attached hydrogens (tertiary/aromatic N) is 3. The quantitative estimate of drug-likeness (QED) is 0.279. The van der Waals surface area contributed by atoms with Gasteiger partial charge in [-0.05, 0) is 24.3 Å². The second-order valence-corrected chi connectivity index (χ2v) is 6.22. The molecule has 0 spiro atoms. The molecule has 0 aliphatic rings. The first-order chi connectivity index (χ1) is 14.1. The lowest BCUT2D eigenvalue weighted by atomic mass is 10.1. The Labute approximate surface area is 164 Å². The van der Waals surface area contributed by atoms with Gasteiger partial charge in [0.1, 0.15) is 17.6 Å². The van der Waals surface area contributed by atoms with Crippen LogP contribution in [-0.2, 0) is 0 Å². The molecule has 0 saturated carbocycles. The average molecular weight is 383 g/mol. The van der Waals surface area contributed by atoms with E-state index in [0.717, 1.165) is 0 Å². The number of nitro benzene ring substituents is 1. The van der Waals surface area contributed by atoms with E-state index in [2.05, 4.69) is 6.07 Å².